The second-order valence-corrected chi connectivity index (χ2v) is 15.9. The first kappa shape index (κ1) is 54.1. The van der Waals surface area contributed by atoms with Crippen LogP contribution in [-0.4, -0.2) is 111 Å². The fraction of sp³-hybridized carbons (Fsp3) is 0.571. The molecule has 18 nitrogen and oxygen atoms in total. The lowest BCUT2D eigenvalue weighted by atomic mass is 9.86. The highest BCUT2D eigenvalue weighted by atomic mass is 16.6. The number of ether oxygens (including phenoxy) is 8. The number of hydrogen-bond acceptors (Lipinski definition) is 16. The summed E-state index contributed by atoms with van der Waals surface area (Å²) in [5.74, 6) is -4.42. The molecule has 0 saturated carbocycles. The lowest BCUT2D eigenvalue weighted by molar-refractivity contribution is -0.163. The third-order valence-corrected chi connectivity index (χ3v) is 7.62. The molecule has 0 fully saturated rings. The number of carbonyl (C=O) groups excluding carboxylic acids is 8. The molecule has 0 rings (SSSR count). The molecule has 0 aromatic heterocycles. The van der Waals surface area contributed by atoms with E-state index in [9.17, 15) is 38.4 Å². The molecule has 0 aliphatic carbocycles. The molecule has 0 heterocycles. The minimum atomic E-state index is -1.37. The Bertz CT molecular complexity index is 1670. The monoisotopic (exact) mass is 850 g/mol. The minimum Gasteiger partial charge on any atom is -0.461 e. The standard InChI is InChI=1S/C42H62N2O16/c1-25(2)32(45)53-18-16-43-38(51)57-30(23-55-34(47)27(5)6)21-42(14,15)60-36(49)29(9)20-40(10,11)37(50)56-24-31(22-41(12,13)59-35(48)28(7)8)58-39(52)44-17-19-54-33(46)26(3)4/h30-31H,1,3,5,7,9,16-24H2,2,4,6,8,10-15H3,(H,43,51)(H,44,52). The van der Waals surface area contributed by atoms with Crippen LogP contribution >= 0.6 is 0 Å². The number of esters is 6. The normalized spacial score (nSPS) is 12.2. The Kier molecular flexibility index (Phi) is 22.4. The average Bonchev–Trinajstić information content (AvgIpc) is 3.11. The zero-order chi connectivity index (χ0) is 46.6. The summed E-state index contributed by atoms with van der Waals surface area (Å²) in [6.45, 7) is 31.3. The molecule has 2 unspecified atom stereocenters. The van der Waals surface area contributed by atoms with Gasteiger partial charge in [0.25, 0.3) is 0 Å². The van der Waals surface area contributed by atoms with Crippen LogP contribution in [0, 0.1) is 5.41 Å². The fourth-order valence-electron chi connectivity index (χ4n) is 4.67. The number of hydrogen-bond donors (Lipinski definition) is 2. The molecule has 2 N–H and O–H groups in total. The highest BCUT2D eigenvalue weighted by Crippen LogP contribution is 2.30. The first-order valence-corrected chi connectivity index (χ1v) is 18.8. The van der Waals surface area contributed by atoms with Crippen molar-refractivity contribution in [1.82, 2.24) is 10.6 Å². The quantitative estimate of drug-likeness (QED) is 0.0501. The fourth-order valence-corrected chi connectivity index (χ4v) is 4.67. The van der Waals surface area contributed by atoms with E-state index >= 15 is 0 Å². The second kappa shape index (κ2) is 24.9. The van der Waals surface area contributed by atoms with Gasteiger partial charge in [0.15, 0.2) is 0 Å². The topological polar surface area (TPSA) is 234 Å². The summed E-state index contributed by atoms with van der Waals surface area (Å²) in [6.07, 6.45) is -4.66. The molecule has 0 radical (unpaired) electrons. The molecule has 60 heavy (non-hydrogen) atoms. The van der Waals surface area contributed by atoms with Crippen molar-refractivity contribution in [2.45, 2.75) is 112 Å². The number of nitrogens with one attached hydrogen (secondary N) is 2. The van der Waals surface area contributed by atoms with Crippen molar-refractivity contribution in [1.29, 1.82) is 0 Å². The van der Waals surface area contributed by atoms with E-state index in [2.05, 4.69) is 43.5 Å². The minimum absolute atomic E-state index is 0.0953. The van der Waals surface area contributed by atoms with Crippen LogP contribution in [0.5, 0.6) is 0 Å². The van der Waals surface area contributed by atoms with Crippen molar-refractivity contribution in [2.75, 3.05) is 39.5 Å². The van der Waals surface area contributed by atoms with E-state index in [0.29, 0.717) is 0 Å². The third-order valence-electron chi connectivity index (χ3n) is 7.62. The summed E-state index contributed by atoms with van der Waals surface area (Å²) < 4.78 is 42.6. The summed E-state index contributed by atoms with van der Waals surface area (Å²) in [7, 11) is 0. The number of alkyl carbamates (subject to hydrolysis) is 2. The van der Waals surface area contributed by atoms with Crippen LogP contribution in [0.3, 0.4) is 0 Å². The van der Waals surface area contributed by atoms with Crippen LogP contribution in [0.25, 0.3) is 0 Å². The van der Waals surface area contributed by atoms with Gasteiger partial charge in [-0.3, -0.25) is 4.79 Å². The van der Waals surface area contributed by atoms with Gasteiger partial charge in [0, 0.05) is 40.7 Å². The Hall–Kier alpha value is -5.94. The molecule has 336 valence electrons. The Balaban J connectivity index is 5.69. The van der Waals surface area contributed by atoms with E-state index in [1.165, 1.54) is 55.4 Å². The van der Waals surface area contributed by atoms with Gasteiger partial charge in [-0.25, -0.2) is 33.6 Å². The van der Waals surface area contributed by atoms with E-state index in [4.69, 9.17) is 37.9 Å². The molecule has 18 heteroatoms. The predicted octanol–water partition coefficient (Wildman–Crippen LogP) is 5.05. The average molecular weight is 851 g/mol. The Morgan fingerprint density at radius 3 is 1.23 bits per heavy atom. The van der Waals surface area contributed by atoms with Crippen LogP contribution in [-0.2, 0) is 66.7 Å². The Labute approximate surface area is 352 Å². The van der Waals surface area contributed by atoms with Gasteiger partial charge in [0.1, 0.15) is 49.8 Å². The van der Waals surface area contributed by atoms with Gasteiger partial charge in [-0.15, -0.1) is 0 Å². The van der Waals surface area contributed by atoms with Crippen LogP contribution < -0.4 is 10.6 Å². The first-order chi connectivity index (χ1) is 27.5. The molecule has 0 saturated heterocycles. The van der Waals surface area contributed by atoms with E-state index in [1.54, 1.807) is 13.8 Å². The van der Waals surface area contributed by atoms with Crippen LogP contribution in [0.4, 0.5) is 9.59 Å². The van der Waals surface area contributed by atoms with Gasteiger partial charge in [-0.2, -0.15) is 0 Å². The highest BCUT2D eigenvalue weighted by molar-refractivity contribution is 5.90. The molecule has 2 amide bonds. The van der Waals surface area contributed by atoms with E-state index in [1.807, 2.05) is 0 Å². The number of amides is 2. The van der Waals surface area contributed by atoms with Gasteiger partial charge >= 0.3 is 48.0 Å². The van der Waals surface area contributed by atoms with Gasteiger partial charge in [0.2, 0.25) is 0 Å². The Morgan fingerprint density at radius 1 is 0.500 bits per heavy atom. The Morgan fingerprint density at radius 2 is 0.850 bits per heavy atom. The van der Waals surface area contributed by atoms with Crippen LogP contribution in [0.1, 0.15) is 88.5 Å². The lowest BCUT2D eigenvalue weighted by Gasteiger charge is -2.31. The number of carbonyl (C=O) groups is 8. The number of rotatable bonds is 26. The SMILES string of the molecule is C=C(C)C(=O)OCCNC(=O)OC(COC(=O)C(C)(C)CC(=C)C(=O)OC(C)(C)CC(COC(=O)C(=C)C)OC(=O)NCCOC(=O)C(=C)C)CC(C)(C)OC(=O)C(=C)C. The molecule has 0 bridgehead atoms. The summed E-state index contributed by atoms with van der Waals surface area (Å²) in [4.78, 5) is 99.4. The summed E-state index contributed by atoms with van der Waals surface area (Å²) in [5.41, 5.74) is -3.47. The van der Waals surface area contributed by atoms with Gasteiger partial charge < -0.3 is 48.5 Å². The summed E-state index contributed by atoms with van der Waals surface area (Å²) in [6, 6.07) is 0. The maximum absolute atomic E-state index is 13.4. The molecule has 0 aliphatic heterocycles. The zero-order valence-corrected chi connectivity index (χ0v) is 36.6. The van der Waals surface area contributed by atoms with Crippen LogP contribution in [0.2, 0.25) is 0 Å². The van der Waals surface area contributed by atoms with Gasteiger partial charge in [0.05, 0.1) is 18.5 Å². The maximum Gasteiger partial charge on any atom is 0.407 e. The molecular formula is C42H62N2O16. The van der Waals surface area contributed by atoms with Gasteiger partial charge in [-0.1, -0.05) is 32.9 Å². The van der Waals surface area contributed by atoms with Crippen molar-refractivity contribution >= 4 is 48.0 Å². The molecule has 2 atom stereocenters. The van der Waals surface area contributed by atoms with Crippen molar-refractivity contribution < 1.29 is 76.3 Å². The highest BCUT2D eigenvalue weighted by Gasteiger charge is 2.37. The van der Waals surface area contributed by atoms with Crippen molar-refractivity contribution in [3.8, 4) is 0 Å². The lowest BCUT2D eigenvalue weighted by Crippen LogP contribution is -2.41. The first-order valence-electron chi connectivity index (χ1n) is 18.8. The predicted molar refractivity (Wildman–Crippen MR) is 217 cm³/mol. The van der Waals surface area contributed by atoms with Crippen LogP contribution in [0.15, 0.2) is 60.8 Å². The molecule has 0 aromatic rings. The zero-order valence-electron chi connectivity index (χ0n) is 36.6. The summed E-state index contributed by atoms with van der Waals surface area (Å²) in [5, 5.41) is 4.82. The largest absolute Gasteiger partial charge is 0.461 e. The van der Waals surface area contributed by atoms with E-state index in [-0.39, 0.29) is 73.4 Å². The van der Waals surface area contributed by atoms with E-state index in [0.717, 1.165) is 0 Å². The molecule has 0 aromatic carbocycles. The van der Waals surface area contributed by atoms with Crippen molar-refractivity contribution in [3.05, 3.63) is 60.8 Å². The van der Waals surface area contributed by atoms with Crippen molar-refractivity contribution in [3.63, 3.8) is 0 Å². The third kappa shape index (κ3) is 22.9. The molecule has 0 aliphatic rings. The maximum atomic E-state index is 13.4. The summed E-state index contributed by atoms with van der Waals surface area (Å²) >= 11 is 0. The smallest absolute Gasteiger partial charge is 0.407 e. The second-order valence-electron chi connectivity index (χ2n) is 15.9. The van der Waals surface area contributed by atoms with Gasteiger partial charge in [-0.05, 0) is 75.7 Å². The molecule has 0 spiro atoms. The van der Waals surface area contributed by atoms with E-state index < -0.39 is 90.0 Å². The molecular weight excluding hydrogens is 788 g/mol. The van der Waals surface area contributed by atoms with Crippen molar-refractivity contribution in [2.24, 2.45) is 5.41 Å².